The highest BCUT2D eigenvalue weighted by Crippen LogP contribution is 2.31. The third kappa shape index (κ3) is 3.71. The molecule has 0 unspecified atom stereocenters. The fraction of sp³-hybridized carbons (Fsp3) is 0.429. The summed E-state index contributed by atoms with van der Waals surface area (Å²) in [5, 5.41) is 11.1. The number of likely N-dealkylation sites (tertiary alicyclic amines) is 1. The van der Waals surface area contributed by atoms with Crippen LogP contribution in [0.4, 0.5) is 8.78 Å². The molecule has 2 heterocycles. The lowest BCUT2D eigenvalue weighted by Crippen LogP contribution is -2.43. The van der Waals surface area contributed by atoms with E-state index in [2.05, 4.69) is 5.32 Å². The van der Waals surface area contributed by atoms with Gasteiger partial charge in [0, 0.05) is 25.7 Å². The molecule has 0 aliphatic carbocycles. The highest BCUT2D eigenvalue weighted by Gasteiger charge is 2.47. The second-order valence-electron chi connectivity index (χ2n) is 5.28. The molecule has 0 bridgehead atoms. The maximum Gasteiger partial charge on any atom is 0.268 e. The van der Waals surface area contributed by atoms with E-state index in [1.165, 1.54) is 29.9 Å². The van der Waals surface area contributed by atoms with Crippen LogP contribution in [-0.4, -0.2) is 46.3 Å². The number of nitrogens with one attached hydrogen (secondary N) is 1. The van der Waals surface area contributed by atoms with Crippen LogP contribution in [-0.2, 0) is 11.8 Å². The van der Waals surface area contributed by atoms with E-state index in [9.17, 15) is 23.2 Å². The van der Waals surface area contributed by atoms with Crippen LogP contribution in [0.15, 0.2) is 23.1 Å². The number of amides is 2. The maximum atomic E-state index is 13.3. The van der Waals surface area contributed by atoms with Gasteiger partial charge in [-0.3, -0.25) is 14.4 Å². The molecule has 0 aromatic carbocycles. The molecular formula is C14H14F2N4O3. The number of carbonyl (C=O) groups excluding carboxylic acids is 2. The molecular weight excluding hydrogens is 310 g/mol. The van der Waals surface area contributed by atoms with Crippen molar-refractivity contribution in [2.45, 2.75) is 18.4 Å². The van der Waals surface area contributed by atoms with Gasteiger partial charge in [-0.2, -0.15) is 5.26 Å². The van der Waals surface area contributed by atoms with Crippen molar-refractivity contribution in [3.05, 3.63) is 34.2 Å². The second kappa shape index (κ2) is 6.16. The largest absolute Gasteiger partial charge is 0.343 e. The molecule has 0 saturated carbocycles. The monoisotopic (exact) mass is 324 g/mol. The van der Waals surface area contributed by atoms with Gasteiger partial charge in [0.15, 0.2) is 0 Å². The smallest absolute Gasteiger partial charge is 0.268 e. The van der Waals surface area contributed by atoms with Crippen molar-refractivity contribution in [2.24, 2.45) is 7.05 Å². The minimum absolute atomic E-state index is 0.156. The van der Waals surface area contributed by atoms with Crippen molar-refractivity contribution in [3.63, 3.8) is 0 Å². The zero-order valence-electron chi connectivity index (χ0n) is 12.3. The summed E-state index contributed by atoms with van der Waals surface area (Å²) >= 11 is 0. The van der Waals surface area contributed by atoms with Crippen LogP contribution in [0.2, 0.25) is 0 Å². The van der Waals surface area contributed by atoms with E-state index in [0.717, 1.165) is 4.90 Å². The first kappa shape index (κ1) is 16.6. The second-order valence-corrected chi connectivity index (χ2v) is 5.28. The maximum absolute atomic E-state index is 13.3. The number of aryl methyl sites for hydroxylation is 1. The number of hydrogen-bond donors (Lipinski definition) is 1. The van der Waals surface area contributed by atoms with E-state index in [1.807, 2.05) is 0 Å². The first-order valence-electron chi connectivity index (χ1n) is 6.75. The van der Waals surface area contributed by atoms with Crippen LogP contribution >= 0.6 is 0 Å². The van der Waals surface area contributed by atoms with Crippen LogP contribution in [0.25, 0.3) is 0 Å². The topological polar surface area (TPSA) is 95.2 Å². The van der Waals surface area contributed by atoms with Gasteiger partial charge in [0.1, 0.15) is 6.04 Å². The molecule has 122 valence electrons. The fourth-order valence-corrected chi connectivity index (χ4v) is 2.28. The molecule has 2 amide bonds. The van der Waals surface area contributed by atoms with E-state index in [4.69, 9.17) is 5.26 Å². The SMILES string of the molecule is Cn1cc(C(=O)NCC(=O)N2CC(F)(F)C[C@H]2C#N)ccc1=O. The minimum Gasteiger partial charge on any atom is -0.343 e. The number of nitriles is 1. The first-order valence-corrected chi connectivity index (χ1v) is 6.75. The van der Waals surface area contributed by atoms with Gasteiger partial charge in [-0.25, -0.2) is 8.78 Å². The molecule has 7 nitrogen and oxygen atoms in total. The van der Waals surface area contributed by atoms with Crippen LogP contribution < -0.4 is 10.9 Å². The summed E-state index contributed by atoms with van der Waals surface area (Å²) in [6.45, 7) is -1.34. The third-order valence-electron chi connectivity index (χ3n) is 3.49. The molecule has 23 heavy (non-hydrogen) atoms. The Morgan fingerprint density at radius 1 is 1.48 bits per heavy atom. The molecule has 2 rings (SSSR count). The number of carbonyl (C=O) groups is 2. The Morgan fingerprint density at radius 3 is 2.78 bits per heavy atom. The van der Waals surface area contributed by atoms with Crippen molar-refractivity contribution in [2.75, 3.05) is 13.1 Å². The molecule has 1 N–H and O–H groups in total. The average Bonchev–Trinajstić information content (AvgIpc) is 2.82. The molecule has 0 spiro atoms. The van der Waals surface area contributed by atoms with Crippen molar-refractivity contribution < 1.29 is 18.4 Å². The number of aromatic nitrogens is 1. The standard InChI is InChI=1S/C14H14F2N4O3/c1-19-7-9(2-3-11(19)21)13(23)18-6-12(22)20-8-14(15,16)4-10(20)5-17/h2-3,7,10H,4,6,8H2,1H3,(H,18,23)/t10-/m0/s1. The van der Waals surface area contributed by atoms with Gasteiger partial charge in [0.25, 0.3) is 11.8 Å². The lowest BCUT2D eigenvalue weighted by molar-refractivity contribution is -0.131. The van der Waals surface area contributed by atoms with E-state index in [1.54, 1.807) is 6.07 Å². The summed E-state index contributed by atoms with van der Waals surface area (Å²) in [6, 6.07) is 2.95. The van der Waals surface area contributed by atoms with Gasteiger partial charge < -0.3 is 14.8 Å². The van der Waals surface area contributed by atoms with Crippen molar-refractivity contribution >= 4 is 11.8 Å². The number of rotatable bonds is 3. The molecule has 1 aromatic rings. The molecule has 0 radical (unpaired) electrons. The molecule has 1 aromatic heterocycles. The summed E-state index contributed by atoms with van der Waals surface area (Å²) in [5.41, 5.74) is -0.141. The van der Waals surface area contributed by atoms with Crippen LogP contribution in [0.1, 0.15) is 16.8 Å². The molecule has 1 aliphatic heterocycles. The molecule has 1 saturated heterocycles. The Bertz CT molecular complexity index is 738. The van der Waals surface area contributed by atoms with E-state index < -0.39 is 43.3 Å². The lowest BCUT2D eigenvalue weighted by Gasteiger charge is -2.19. The minimum atomic E-state index is -3.10. The molecule has 1 atom stereocenters. The van der Waals surface area contributed by atoms with Gasteiger partial charge in [0.2, 0.25) is 11.5 Å². The summed E-state index contributed by atoms with van der Waals surface area (Å²) in [4.78, 5) is 35.8. The number of alkyl halides is 2. The number of halogens is 2. The highest BCUT2D eigenvalue weighted by molar-refractivity contribution is 5.96. The van der Waals surface area contributed by atoms with Gasteiger partial charge >= 0.3 is 0 Å². The van der Waals surface area contributed by atoms with E-state index in [-0.39, 0.29) is 11.1 Å². The molecule has 1 fully saturated rings. The van der Waals surface area contributed by atoms with Crippen molar-refractivity contribution in [1.82, 2.24) is 14.8 Å². The van der Waals surface area contributed by atoms with Gasteiger partial charge in [-0.05, 0) is 6.07 Å². The highest BCUT2D eigenvalue weighted by atomic mass is 19.3. The van der Waals surface area contributed by atoms with Crippen LogP contribution in [0.5, 0.6) is 0 Å². The number of hydrogen-bond acceptors (Lipinski definition) is 4. The summed E-state index contributed by atoms with van der Waals surface area (Å²) in [7, 11) is 1.47. The van der Waals surface area contributed by atoms with Crippen molar-refractivity contribution in [1.29, 1.82) is 5.26 Å². The quantitative estimate of drug-likeness (QED) is 0.838. The Kier molecular flexibility index (Phi) is 4.45. The van der Waals surface area contributed by atoms with Crippen molar-refractivity contribution in [3.8, 4) is 6.07 Å². The summed E-state index contributed by atoms with van der Waals surface area (Å²) < 4.78 is 27.7. The third-order valence-corrected chi connectivity index (χ3v) is 3.49. The zero-order chi connectivity index (χ0) is 17.2. The number of pyridine rings is 1. The Labute approximate surface area is 130 Å². The van der Waals surface area contributed by atoms with Crippen LogP contribution in [0, 0.1) is 11.3 Å². The summed E-state index contributed by atoms with van der Waals surface area (Å²) in [5.74, 6) is -4.47. The summed E-state index contributed by atoms with van der Waals surface area (Å²) in [6.07, 6.45) is 0.591. The zero-order valence-corrected chi connectivity index (χ0v) is 12.3. The Morgan fingerprint density at radius 2 is 2.17 bits per heavy atom. The Hall–Kier alpha value is -2.76. The molecule has 9 heteroatoms. The van der Waals surface area contributed by atoms with E-state index >= 15 is 0 Å². The van der Waals surface area contributed by atoms with Gasteiger partial charge in [-0.1, -0.05) is 0 Å². The number of nitrogens with zero attached hydrogens (tertiary/aromatic N) is 3. The van der Waals surface area contributed by atoms with Gasteiger partial charge in [-0.15, -0.1) is 0 Å². The average molecular weight is 324 g/mol. The fourth-order valence-electron chi connectivity index (χ4n) is 2.28. The first-order chi connectivity index (χ1) is 10.7. The Balaban J connectivity index is 1.99. The lowest BCUT2D eigenvalue weighted by atomic mass is 10.2. The molecule has 1 aliphatic rings. The van der Waals surface area contributed by atoms with E-state index in [0.29, 0.717) is 0 Å². The van der Waals surface area contributed by atoms with Gasteiger partial charge in [0.05, 0.1) is 24.7 Å². The normalized spacial score (nSPS) is 19.2. The predicted octanol–water partition coefficient (Wildman–Crippen LogP) is -0.125. The van der Waals surface area contributed by atoms with Crippen LogP contribution in [0.3, 0.4) is 0 Å². The predicted molar refractivity (Wildman–Crippen MR) is 74.7 cm³/mol.